The van der Waals surface area contributed by atoms with Gasteiger partial charge in [-0.1, -0.05) is 43.3 Å². The van der Waals surface area contributed by atoms with E-state index in [0.29, 0.717) is 24.6 Å². The largest absolute Gasteiger partial charge is 0.481 e. The monoisotopic (exact) mass is 466 g/mol. The Morgan fingerprint density at radius 3 is 2.74 bits per heavy atom. The van der Waals surface area contributed by atoms with Gasteiger partial charge < -0.3 is 21.1 Å². The van der Waals surface area contributed by atoms with Crippen molar-refractivity contribution in [2.45, 2.75) is 38.3 Å². The second-order valence-electron chi connectivity index (χ2n) is 8.75. The summed E-state index contributed by atoms with van der Waals surface area (Å²) in [6.07, 6.45) is 0.839. The van der Waals surface area contributed by atoms with Crippen molar-refractivity contribution >= 4 is 17.5 Å². The predicted molar refractivity (Wildman–Crippen MR) is 128 cm³/mol. The second kappa shape index (κ2) is 10.2. The molecule has 0 spiro atoms. The van der Waals surface area contributed by atoms with Crippen molar-refractivity contribution in [3.63, 3.8) is 0 Å². The van der Waals surface area contributed by atoms with Gasteiger partial charge in [0.15, 0.2) is 0 Å². The molecule has 4 N–H and O–H groups in total. The van der Waals surface area contributed by atoms with E-state index in [4.69, 9.17) is 5.11 Å². The number of nitrogens with zero attached hydrogens (tertiary/aromatic N) is 1. The van der Waals surface area contributed by atoms with Crippen LogP contribution in [0.5, 0.6) is 0 Å². The summed E-state index contributed by atoms with van der Waals surface area (Å²) in [5.74, 6) is -1.34. The first-order valence-corrected chi connectivity index (χ1v) is 11.3. The molecule has 2 aromatic carbocycles. The topological polar surface area (TPSA) is 86.3 Å². The molecular formula is C26H28F2N4O2. The Bertz CT molecular complexity index is 1170. The summed E-state index contributed by atoms with van der Waals surface area (Å²) in [5.41, 5.74) is 3.60. The van der Waals surface area contributed by atoms with Crippen molar-refractivity contribution in [3.05, 3.63) is 88.6 Å². The molecule has 0 amide bonds. The molecule has 2 heterocycles. The van der Waals surface area contributed by atoms with Crippen LogP contribution in [0, 0.1) is 18.6 Å². The van der Waals surface area contributed by atoms with Crippen LogP contribution in [0.1, 0.15) is 41.1 Å². The van der Waals surface area contributed by atoms with Crippen LogP contribution in [0.3, 0.4) is 0 Å². The van der Waals surface area contributed by atoms with Gasteiger partial charge in [0.05, 0.1) is 30.4 Å². The zero-order chi connectivity index (χ0) is 24.2. The molecule has 1 aliphatic rings. The van der Waals surface area contributed by atoms with E-state index in [1.54, 1.807) is 6.07 Å². The number of hydrogen-bond acceptors (Lipinski definition) is 5. The first kappa shape index (κ1) is 23.6. The molecule has 1 aliphatic heterocycles. The van der Waals surface area contributed by atoms with Gasteiger partial charge in [-0.25, -0.2) is 13.8 Å². The molecule has 0 fully saturated rings. The first-order chi connectivity index (χ1) is 16.3. The maximum Gasteiger partial charge on any atom is 0.307 e. The summed E-state index contributed by atoms with van der Waals surface area (Å²) < 4.78 is 27.8. The second-order valence-corrected chi connectivity index (χ2v) is 8.75. The van der Waals surface area contributed by atoms with Crippen LogP contribution in [0.15, 0.2) is 54.7 Å². The van der Waals surface area contributed by atoms with Crippen LogP contribution in [0.2, 0.25) is 0 Å². The lowest BCUT2D eigenvalue weighted by molar-refractivity contribution is -0.136. The Kier molecular flexibility index (Phi) is 7.07. The molecular weight excluding hydrogens is 438 g/mol. The van der Waals surface area contributed by atoms with Gasteiger partial charge in [-0.15, -0.1) is 0 Å². The third kappa shape index (κ3) is 5.34. The van der Waals surface area contributed by atoms with Gasteiger partial charge >= 0.3 is 5.97 Å². The van der Waals surface area contributed by atoms with Crippen LogP contribution < -0.4 is 16.0 Å². The highest BCUT2D eigenvalue weighted by atomic mass is 19.1. The van der Waals surface area contributed by atoms with E-state index in [1.807, 2.05) is 44.2 Å². The molecule has 3 atom stereocenters. The van der Waals surface area contributed by atoms with Gasteiger partial charge in [-0.3, -0.25) is 4.79 Å². The quantitative estimate of drug-likeness (QED) is 0.387. The van der Waals surface area contributed by atoms with E-state index in [0.717, 1.165) is 16.7 Å². The molecule has 178 valence electrons. The van der Waals surface area contributed by atoms with Gasteiger partial charge in [0.1, 0.15) is 17.5 Å². The number of fused-ring (bicyclic) bond motifs is 1. The minimum Gasteiger partial charge on any atom is -0.481 e. The Hall–Kier alpha value is -3.52. The van der Waals surface area contributed by atoms with Crippen molar-refractivity contribution in [1.82, 2.24) is 10.3 Å². The van der Waals surface area contributed by atoms with Gasteiger partial charge in [-0.05, 0) is 41.2 Å². The highest BCUT2D eigenvalue weighted by molar-refractivity contribution is 5.70. The maximum absolute atomic E-state index is 14.3. The zero-order valence-corrected chi connectivity index (χ0v) is 19.1. The average Bonchev–Trinajstić information content (AvgIpc) is 2.81. The number of aromatic nitrogens is 1. The SMILES string of the molecule is Cc1cc(F)c(CC(=O)O)cc1[C@@H](C)CN[C@H](c1ccccc1)[C@H]1CNc2cc(F)cnc2N1. The lowest BCUT2D eigenvalue weighted by Crippen LogP contribution is -2.45. The van der Waals surface area contributed by atoms with Gasteiger partial charge in [0.25, 0.3) is 0 Å². The van der Waals surface area contributed by atoms with Crippen molar-refractivity contribution < 1.29 is 18.7 Å². The molecule has 4 rings (SSSR count). The zero-order valence-electron chi connectivity index (χ0n) is 19.1. The summed E-state index contributed by atoms with van der Waals surface area (Å²) in [7, 11) is 0. The number of pyridine rings is 1. The Morgan fingerprint density at radius 2 is 2.00 bits per heavy atom. The molecule has 8 heteroatoms. The fourth-order valence-corrected chi connectivity index (χ4v) is 4.47. The van der Waals surface area contributed by atoms with Crippen molar-refractivity contribution in [3.8, 4) is 0 Å². The number of carboxylic acids is 1. The van der Waals surface area contributed by atoms with E-state index in [-0.39, 0.29) is 30.0 Å². The number of nitrogens with one attached hydrogen (secondary N) is 3. The highest BCUT2D eigenvalue weighted by Crippen LogP contribution is 2.30. The van der Waals surface area contributed by atoms with E-state index in [2.05, 4.69) is 20.9 Å². The van der Waals surface area contributed by atoms with Crippen LogP contribution in [-0.4, -0.2) is 35.2 Å². The molecule has 3 aromatic rings. The van der Waals surface area contributed by atoms with Crippen molar-refractivity contribution in [2.75, 3.05) is 23.7 Å². The molecule has 0 saturated carbocycles. The fourth-order valence-electron chi connectivity index (χ4n) is 4.47. The van der Waals surface area contributed by atoms with E-state index in [9.17, 15) is 13.6 Å². The summed E-state index contributed by atoms with van der Waals surface area (Å²) in [4.78, 5) is 15.3. The molecule has 34 heavy (non-hydrogen) atoms. The highest BCUT2D eigenvalue weighted by Gasteiger charge is 2.28. The molecule has 6 nitrogen and oxygen atoms in total. The lowest BCUT2D eigenvalue weighted by atomic mass is 9.91. The van der Waals surface area contributed by atoms with E-state index in [1.165, 1.54) is 18.3 Å². The first-order valence-electron chi connectivity index (χ1n) is 11.3. The van der Waals surface area contributed by atoms with Crippen molar-refractivity contribution in [1.29, 1.82) is 0 Å². The molecule has 0 radical (unpaired) electrons. The number of carboxylic acid groups (broad SMARTS) is 1. The summed E-state index contributed by atoms with van der Waals surface area (Å²) in [6.45, 7) is 5.02. The van der Waals surface area contributed by atoms with E-state index < -0.39 is 17.6 Å². The number of rotatable bonds is 8. The maximum atomic E-state index is 14.3. The van der Waals surface area contributed by atoms with Crippen LogP contribution in [0.4, 0.5) is 20.3 Å². The molecule has 0 aliphatic carbocycles. The molecule has 1 aromatic heterocycles. The smallest absolute Gasteiger partial charge is 0.307 e. The molecule has 0 unspecified atom stereocenters. The third-order valence-corrected chi connectivity index (χ3v) is 6.20. The van der Waals surface area contributed by atoms with Crippen molar-refractivity contribution in [2.24, 2.45) is 0 Å². The van der Waals surface area contributed by atoms with E-state index >= 15 is 0 Å². The number of hydrogen-bond donors (Lipinski definition) is 4. The average molecular weight is 467 g/mol. The van der Waals surface area contributed by atoms with Gasteiger partial charge in [0.2, 0.25) is 0 Å². The Labute approximate surface area is 197 Å². The Balaban J connectivity index is 1.54. The molecule has 0 bridgehead atoms. The normalized spacial score (nSPS) is 16.6. The number of benzene rings is 2. The number of aryl methyl sites for hydroxylation is 1. The van der Waals surface area contributed by atoms with Gasteiger partial charge in [0, 0.05) is 19.2 Å². The summed E-state index contributed by atoms with van der Waals surface area (Å²) in [5, 5.41) is 19.4. The standard InChI is InChI=1S/C26H28F2N4O2/c1-15-8-21(28)18(10-24(33)34)9-20(15)16(2)12-30-25(17-6-4-3-5-7-17)23-14-29-22-11-19(27)13-31-26(22)32-23/h3-9,11,13,16,23,25,29-30H,10,12,14H2,1-2H3,(H,31,32)(H,33,34)/t16-,23+,25+/m0/s1. The summed E-state index contributed by atoms with van der Waals surface area (Å²) in [6, 6.07) is 14.4. The van der Waals surface area contributed by atoms with Crippen LogP contribution in [0.25, 0.3) is 0 Å². The number of aliphatic carboxylic acids is 1. The third-order valence-electron chi connectivity index (χ3n) is 6.20. The number of anilines is 2. The summed E-state index contributed by atoms with van der Waals surface area (Å²) >= 11 is 0. The fraction of sp³-hybridized carbons (Fsp3) is 0.308. The minimum atomic E-state index is -1.06. The minimum absolute atomic E-state index is 0.00964. The van der Waals surface area contributed by atoms with Crippen LogP contribution in [-0.2, 0) is 11.2 Å². The Morgan fingerprint density at radius 1 is 1.24 bits per heavy atom. The number of carbonyl (C=O) groups is 1. The predicted octanol–water partition coefficient (Wildman–Crippen LogP) is 4.64. The number of halogens is 2. The van der Waals surface area contributed by atoms with Gasteiger partial charge in [-0.2, -0.15) is 0 Å². The van der Waals surface area contributed by atoms with Crippen LogP contribution >= 0.6 is 0 Å². The lowest BCUT2D eigenvalue weighted by Gasteiger charge is -2.35. The molecule has 0 saturated heterocycles.